The quantitative estimate of drug-likeness (QED) is 0.478. The highest BCUT2D eigenvalue weighted by Crippen LogP contribution is 2.46. The number of allylic oxidation sites excluding steroid dienone is 1. The second kappa shape index (κ2) is 8.95. The molecule has 0 radical (unpaired) electrons. The molecule has 1 aromatic carbocycles. The Morgan fingerprint density at radius 3 is 2.76 bits per heavy atom. The molecular formula is C25H29ClN4O2S. The van der Waals surface area contributed by atoms with Crippen LogP contribution < -0.4 is 10.2 Å². The van der Waals surface area contributed by atoms with Crippen molar-refractivity contribution < 1.29 is 9.53 Å². The topological polar surface area (TPSA) is 57.7 Å². The van der Waals surface area contributed by atoms with Crippen molar-refractivity contribution in [1.29, 1.82) is 0 Å². The maximum absolute atomic E-state index is 12.4. The van der Waals surface area contributed by atoms with E-state index in [1.807, 2.05) is 29.2 Å². The molecule has 2 aromatic rings. The van der Waals surface area contributed by atoms with Crippen LogP contribution in [-0.2, 0) is 9.53 Å². The fourth-order valence-corrected chi connectivity index (χ4v) is 5.25. The number of carbonyl (C=O) groups is 1. The number of benzene rings is 1. The van der Waals surface area contributed by atoms with Crippen molar-refractivity contribution in [3.63, 3.8) is 0 Å². The lowest BCUT2D eigenvalue weighted by Gasteiger charge is -2.41. The Morgan fingerprint density at radius 1 is 1.33 bits per heavy atom. The molecule has 4 rings (SSSR count). The summed E-state index contributed by atoms with van der Waals surface area (Å²) < 4.78 is 5.22. The Bertz CT molecular complexity index is 1120. The maximum atomic E-state index is 12.4. The number of aromatic nitrogens is 1. The van der Waals surface area contributed by atoms with E-state index in [1.54, 1.807) is 13.1 Å². The first-order chi connectivity index (χ1) is 15.6. The summed E-state index contributed by atoms with van der Waals surface area (Å²) in [4.78, 5) is 21.1. The average molecular weight is 485 g/mol. The molecule has 0 saturated carbocycles. The van der Waals surface area contributed by atoms with Crippen LogP contribution in [0.1, 0.15) is 56.6 Å². The van der Waals surface area contributed by atoms with Gasteiger partial charge in [0, 0.05) is 29.5 Å². The molecule has 0 bridgehead atoms. The minimum absolute atomic E-state index is 0.0306. The second-order valence-electron chi connectivity index (χ2n) is 8.99. The average Bonchev–Trinajstić information content (AvgIpc) is 3.08. The van der Waals surface area contributed by atoms with Gasteiger partial charge < -0.3 is 19.9 Å². The van der Waals surface area contributed by atoms with E-state index in [1.165, 1.54) is 5.57 Å². The minimum atomic E-state index is -0.333. The maximum Gasteiger partial charge on any atom is 0.325 e. The number of anilines is 1. The molecule has 3 heterocycles. The minimum Gasteiger partial charge on any atom is -0.465 e. The number of ether oxygens (including phenoxy) is 1. The van der Waals surface area contributed by atoms with Crippen molar-refractivity contribution in [2.24, 2.45) is 0 Å². The monoisotopic (exact) mass is 484 g/mol. The molecule has 1 N–H and O–H groups in total. The van der Waals surface area contributed by atoms with Gasteiger partial charge in [0.1, 0.15) is 6.54 Å². The Morgan fingerprint density at radius 2 is 2.09 bits per heavy atom. The summed E-state index contributed by atoms with van der Waals surface area (Å²) in [7, 11) is 2.08. The van der Waals surface area contributed by atoms with Gasteiger partial charge in [0.05, 0.1) is 29.9 Å². The van der Waals surface area contributed by atoms with Crippen LogP contribution in [0.2, 0.25) is 5.02 Å². The van der Waals surface area contributed by atoms with Crippen LogP contribution in [0.25, 0.3) is 5.57 Å². The number of carbonyl (C=O) groups excluding carboxylic acids is 1. The standard InChI is InChI=1S/C25H29ClN4O2S/c1-6-32-21(31)14-30-23(22(28-24(30)33)19-9-7-8-10-27-19)17-11-16-15(2)13-25(3,4)29(5)20(16)12-18(17)26/h7-13,22-23H,6,14H2,1-5H3,(H,28,33)/t22-,23+/m0/s1. The predicted molar refractivity (Wildman–Crippen MR) is 136 cm³/mol. The molecule has 174 valence electrons. The normalized spacial score (nSPS) is 21.4. The van der Waals surface area contributed by atoms with E-state index in [4.69, 9.17) is 28.6 Å². The van der Waals surface area contributed by atoms with Crippen molar-refractivity contribution in [2.75, 3.05) is 25.1 Å². The number of hydrogen-bond acceptors (Lipinski definition) is 5. The van der Waals surface area contributed by atoms with Gasteiger partial charge in [-0.3, -0.25) is 9.78 Å². The lowest BCUT2D eigenvalue weighted by molar-refractivity contribution is -0.143. The number of esters is 1. The van der Waals surface area contributed by atoms with Gasteiger partial charge >= 0.3 is 5.97 Å². The Balaban J connectivity index is 1.84. The number of pyridine rings is 1. The molecule has 1 aromatic heterocycles. The van der Waals surface area contributed by atoms with Gasteiger partial charge in [-0.1, -0.05) is 23.7 Å². The van der Waals surface area contributed by atoms with Gasteiger partial charge in [-0.05, 0) is 75.3 Å². The van der Waals surface area contributed by atoms with Crippen LogP contribution in [0, 0.1) is 0 Å². The molecule has 6 nitrogen and oxygen atoms in total. The van der Waals surface area contributed by atoms with Crippen molar-refractivity contribution in [3.8, 4) is 0 Å². The summed E-state index contributed by atoms with van der Waals surface area (Å²) in [6.07, 6.45) is 4.01. The number of likely N-dealkylation sites (N-methyl/N-ethyl adjacent to an activating group) is 1. The smallest absolute Gasteiger partial charge is 0.325 e. The molecule has 2 atom stereocenters. The third kappa shape index (κ3) is 4.32. The summed E-state index contributed by atoms with van der Waals surface area (Å²) in [5.74, 6) is -0.333. The molecule has 1 saturated heterocycles. The fraction of sp³-hybridized carbons (Fsp3) is 0.400. The highest BCUT2D eigenvalue weighted by Gasteiger charge is 2.42. The third-order valence-corrected chi connectivity index (χ3v) is 7.14. The van der Waals surface area contributed by atoms with Gasteiger partial charge in [-0.25, -0.2) is 0 Å². The first-order valence-electron chi connectivity index (χ1n) is 11.0. The zero-order chi connectivity index (χ0) is 23.9. The molecule has 1 fully saturated rings. The summed E-state index contributed by atoms with van der Waals surface area (Å²) in [6.45, 7) is 8.61. The lowest BCUT2D eigenvalue weighted by atomic mass is 9.86. The molecule has 0 aliphatic carbocycles. The van der Waals surface area contributed by atoms with E-state index in [9.17, 15) is 4.79 Å². The number of nitrogens with one attached hydrogen (secondary N) is 1. The number of hydrogen-bond donors (Lipinski definition) is 1. The summed E-state index contributed by atoms with van der Waals surface area (Å²) in [6, 6.07) is 9.34. The zero-order valence-corrected chi connectivity index (χ0v) is 21.1. The van der Waals surface area contributed by atoms with Crippen molar-refractivity contribution in [1.82, 2.24) is 15.2 Å². The largest absolute Gasteiger partial charge is 0.465 e. The van der Waals surface area contributed by atoms with Crippen LogP contribution in [-0.4, -0.2) is 46.7 Å². The van der Waals surface area contributed by atoms with Gasteiger partial charge in [-0.2, -0.15) is 0 Å². The van der Waals surface area contributed by atoms with E-state index >= 15 is 0 Å². The SMILES string of the molecule is CCOC(=O)CN1C(=S)N[C@@H](c2ccccn2)[C@H]1c1cc2c(cc1Cl)N(C)C(C)(C)C=C2C. The molecular weight excluding hydrogens is 456 g/mol. The second-order valence-corrected chi connectivity index (χ2v) is 9.78. The Hall–Kier alpha value is -2.64. The van der Waals surface area contributed by atoms with Crippen LogP contribution >= 0.6 is 23.8 Å². The zero-order valence-electron chi connectivity index (χ0n) is 19.6. The molecule has 2 aliphatic rings. The first kappa shape index (κ1) is 23.5. The van der Waals surface area contributed by atoms with Crippen molar-refractivity contribution in [2.45, 2.75) is 45.3 Å². The Kier molecular flexibility index (Phi) is 6.38. The molecule has 0 spiro atoms. The first-order valence-corrected chi connectivity index (χ1v) is 11.8. The summed E-state index contributed by atoms with van der Waals surface area (Å²) >= 11 is 12.6. The summed E-state index contributed by atoms with van der Waals surface area (Å²) in [5, 5.41) is 4.46. The van der Waals surface area contributed by atoms with E-state index < -0.39 is 0 Å². The van der Waals surface area contributed by atoms with E-state index in [0.717, 1.165) is 22.5 Å². The number of halogens is 1. The lowest BCUT2D eigenvalue weighted by Crippen LogP contribution is -2.42. The van der Waals surface area contributed by atoms with Crippen molar-refractivity contribution >= 4 is 46.2 Å². The van der Waals surface area contributed by atoms with Gasteiger partial charge in [-0.15, -0.1) is 0 Å². The van der Waals surface area contributed by atoms with Crippen LogP contribution in [0.4, 0.5) is 5.69 Å². The number of fused-ring (bicyclic) bond motifs is 1. The third-order valence-electron chi connectivity index (χ3n) is 6.46. The van der Waals surface area contributed by atoms with Crippen LogP contribution in [0.15, 0.2) is 42.6 Å². The number of thiocarbonyl (C=S) groups is 1. The highest BCUT2D eigenvalue weighted by atomic mass is 35.5. The molecule has 8 heteroatoms. The fourth-order valence-electron chi connectivity index (χ4n) is 4.67. The Labute approximate surface area is 205 Å². The summed E-state index contributed by atoms with van der Waals surface area (Å²) in [5.41, 5.74) is 4.98. The van der Waals surface area contributed by atoms with E-state index in [2.05, 4.69) is 55.2 Å². The van der Waals surface area contributed by atoms with E-state index in [0.29, 0.717) is 16.7 Å². The van der Waals surface area contributed by atoms with Crippen molar-refractivity contribution in [3.05, 3.63) is 64.4 Å². The predicted octanol–water partition coefficient (Wildman–Crippen LogP) is 4.90. The molecule has 0 unspecified atom stereocenters. The molecule has 0 amide bonds. The van der Waals surface area contributed by atoms with E-state index in [-0.39, 0.29) is 30.1 Å². The van der Waals surface area contributed by atoms with Gasteiger partial charge in [0.2, 0.25) is 0 Å². The number of nitrogens with zero attached hydrogens (tertiary/aromatic N) is 3. The van der Waals surface area contributed by atoms with Gasteiger partial charge in [0.25, 0.3) is 0 Å². The van der Waals surface area contributed by atoms with Crippen LogP contribution in [0.5, 0.6) is 0 Å². The molecule has 33 heavy (non-hydrogen) atoms. The van der Waals surface area contributed by atoms with Gasteiger partial charge in [0.15, 0.2) is 5.11 Å². The number of rotatable bonds is 5. The molecule has 2 aliphatic heterocycles. The highest BCUT2D eigenvalue weighted by molar-refractivity contribution is 7.80. The van der Waals surface area contributed by atoms with Crippen LogP contribution in [0.3, 0.4) is 0 Å².